The molecule has 1 fully saturated rings. The lowest BCUT2D eigenvalue weighted by molar-refractivity contribution is -0.121. The molecule has 106 valence electrons. The molecule has 0 aromatic heterocycles. The number of halogens is 2. The summed E-state index contributed by atoms with van der Waals surface area (Å²) in [5.74, 6) is 0.101. The summed E-state index contributed by atoms with van der Waals surface area (Å²) in [5.41, 5.74) is 0.964. The van der Waals surface area contributed by atoms with Gasteiger partial charge in [-0.25, -0.2) is 0 Å². The van der Waals surface area contributed by atoms with E-state index in [0.29, 0.717) is 24.0 Å². The van der Waals surface area contributed by atoms with Crippen molar-refractivity contribution >= 4 is 29.9 Å². The zero-order valence-electron chi connectivity index (χ0n) is 10.8. The van der Waals surface area contributed by atoms with Crippen LogP contribution in [0.1, 0.15) is 31.2 Å². The third-order valence-electron chi connectivity index (χ3n) is 3.32. The maximum Gasteiger partial charge on any atom is 0.220 e. The van der Waals surface area contributed by atoms with Crippen molar-refractivity contribution in [3.05, 3.63) is 34.9 Å². The Morgan fingerprint density at radius 3 is 2.89 bits per heavy atom. The van der Waals surface area contributed by atoms with Gasteiger partial charge in [-0.1, -0.05) is 29.8 Å². The standard InChI is InChI=1S/C14H19ClN2O.ClH/c15-13-6-2-1-4-11(13)10-17-14(18)8-7-12-5-3-9-16-12;/h1-2,4,6,12,16H,3,5,7-10H2,(H,17,18);1H. The molecule has 19 heavy (non-hydrogen) atoms. The van der Waals surface area contributed by atoms with Crippen molar-refractivity contribution in [1.82, 2.24) is 10.6 Å². The van der Waals surface area contributed by atoms with E-state index in [2.05, 4.69) is 10.6 Å². The maximum atomic E-state index is 11.7. The Kier molecular flexibility index (Phi) is 7.21. The monoisotopic (exact) mass is 302 g/mol. The minimum atomic E-state index is 0. The number of carbonyl (C=O) groups excluding carboxylic acids is 1. The normalized spacial score (nSPS) is 17.8. The predicted molar refractivity (Wildman–Crippen MR) is 80.8 cm³/mol. The van der Waals surface area contributed by atoms with Crippen LogP contribution in [0.4, 0.5) is 0 Å². The van der Waals surface area contributed by atoms with E-state index < -0.39 is 0 Å². The van der Waals surface area contributed by atoms with Crippen LogP contribution in [0.2, 0.25) is 5.02 Å². The summed E-state index contributed by atoms with van der Waals surface area (Å²) in [5, 5.41) is 7.01. The molecule has 1 saturated heterocycles. The summed E-state index contributed by atoms with van der Waals surface area (Å²) < 4.78 is 0. The second-order valence-corrected chi connectivity index (χ2v) is 5.11. The molecule has 0 saturated carbocycles. The van der Waals surface area contributed by atoms with Gasteiger partial charge in [-0.2, -0.15) is 0 Å². The molecule has 2 rings (SSSR count). The number of hydrogen-bond donors (Lipinski definition) is 2. The first-order valence-corrected chi connectivity index (χ1v) is 6.87. The van der Waals surface area contributed by atoms with Gasteiger partial charge in [-0.15, -0.1) is 12.4 Å². The number of rotatable bonds is 5. The van der Waals surface area contributed by atoms with Gasteiger partial charge in [0.25, 0.3) is 0 Å². The van der Waals surface area contributed by atoms with Crippen LogP contribution in [0.3, 0.4) is 0 Å². The highest BCUT2D eigenvalue weighted by Gasteiger charge is 2.15. The highest BCUT2D eigenvalue weighted by molar-refractivity contribution is 6.31. The van der Waals surface area contributed by atoms with Gasteiger partial charge < -0.3 is 10.6 Å². The largest absolute Gasteiger partial charge is 0.352 e. The molecule has 5 heteroatoms. The van der Waals surface area contributed by atoms with Crippen LogP contribution in [0, 0.1) is 0 Å². The first-order chi connectivity index (χ1) is 8.75. The quantitative estimate of drug-likeness (QED) is 0.878. The van der Waals surface area contributed by atoms with Gasteiger partial charge in [-0.3, -0.25) is 4.79 Å². The van der Waals surface area contributed by atoms with Gasteiger partial charge in [0.15, 0.2) is 0 Å². The summed E-state index contributed by atoms with van der Waals surface area (Å²) in [6.45, 7) is 1.60. The lowest BCUT2D eigenvalue weighted by Crippen LogP contribution is -2.27. The molecule has 1 aliphatic heterocycles. The van der Waals surface area contributed by atoms with Crippen molar-refractivity contribution in [1.29, 1.82) is 0 Å². The Hall–Kier alpha value is -0.770. The molecule has 2 N–H and O–H groups in total. The van der Waals surface area contributed by atoms with Crippen molar-refractivity contribution in [3.63, 3.8) is 0 Å². The fourth-order valence-electron chi connectivity index (χ4n) is 2.23. The van der Waals surface area contributed by atoms with Crippen molar-refractivity contribution < 1.29 is 4.79 Å². The van der Waals surface area contributed by atoms with Crippen LogP contribution < -0.4 is 10.6 Å². The molecule has 1 aliphatic rings. The molecule has 0 radical (unpaired) electrons. The van der Waals surface area contributed by atoms with Crippen LogP contribution in [-0.2, 0) is 11.3 Å². The number of carbonyl (C=O) groups is 1. The highest BCUT2D eigenvalue weighted by atomic mass is 35.5. The third-order valence-corrected chi connectivity index (χ3v) is 3.68. The zero-order valence-corrected chi connectivity index (χ0v) is 12.4. The molecule has 0 spiro atoms. The molecule has 1 amide bonds. The molecular formula is C14H20Cl2N2O. The summed E-state index contributed by atoms with van der Waals surface area (Å²) in [6.07, 6.45) is 3.93. The molecule has 1 aromatic rings. The Morgan fingerprint density at radius 2 is 2.21 bits per heavy atom. The molecule has 1 unspecified atom stereocenters. The van der Waals surface area contributed by atoms with Crippen LogP contribution in [0.25, 0.3) is 0 Å². The molecule has 0 bridgehead atoms. The van der Waals surface area contributed by atoms with Crippen LogP contribution in [0.5, 0.6) is 0 Å². The average Bonchev–Trinajstić information content (AvgIpc) is 2.88. The van der Waals surface area contributed by atoms with Gasteiger partial charge in [0.2, 0.25) is 5.91 Å². The molecule has 1 aromatic carbocycles. The first-order valence-electron chi connectivity index (χ1n) is 6.49. The van der Waals surface area contributed by atoms with Crippen LogP contribution in [0.15, 0.2) is 24.3 Å². The van der Waals surface area contributed by atoms with Crippen molar-refractivity contribution in [2.24, 2.45) is 0 Å². The smallest absolute Gasteiger partial charge is 0.220 e. The van der Waals surface area contributed by atoms with E-state index >= 15 is 0 Å². The molecule has 1 heterocycles. The van der Waals surface area contributed by atoms with Crippen LogP contribution >= 0.6 is 24.0 Å². The maximum absolute atomic E-state index is 11.7. The van der Waals surface area contributed by atoms with Gasteiger partial charge in [-0.05, 0) is 37.4 Å². The van der Waals surface area contributed by atoms with Crippen LogP contribution in [-0.4, -0.2) is 18.5 Å². The minimum absolute atomic E-state index is 0. The SMILES string of the molecule is Cl.O=C(CCC1CCCN1)NCc1ccccc1Cl. The summed E-state index contributed by atoms with van der Waals surface area (Å²) in [6, 6.07) is 8.11. The number of amides is 1. The summed E-state index contributed by atoms with van der Waals surface area (Å²) in [7, 11) is 0. The van der Waals surface area contributed by atoms with Gasteiger partial charge in [0.05, 0.1) is 0 Å². The molecule has 0 aliphatic carbocycles. The van der Waals surface area contributed by atoms with Crippen molar-refractivity contribution in [3.8, 4) is 0 Å². The van der Waals surface area contributed by atoms with Gasteiger partial charge >= 0.3 is 0 Å². The average molecular weight is 303 g/mol. The Balaban J connectivity index is 0.00000180. The van der Waals surface area contributed by atoms with E-state index in [1.807, 2.05) is 24.3 Å². The molecular weight excluding hydrogens is 283 g/mol. The number of benzene rings is 1. The molecule has 3 nitrogen and oxygen atoms in total. The third kappa shape index (κ3) is 5.39. The van der Waals surface area contributed by atoms with E-state index in [9.17, 15) is 4.79 Å². The minimum Gasteiger partial charge on any atom is -0.352 e. The zero-order chi connectivity index (χ0) is 12.8. The number of hydrogen-bond acceptors (Lipinski definition) is 2. The van der Waals surface area contributed by atoms with E-state index in [1.165, 1.54) is 12.8 Å². The topological polar surface area (TPSA) is 41.1 Å². The second kappa shape index (κ2) is 8.41. The van der Waals surface area contributed by atoms with E-state index in [-0.39, 0.29) is 18.3 Å². The highest BCUT2D eigenvalue weighted by Crippen LogP contribution is 2.14. The van der Waals surface area contributed by atoms with Crippen molar-refractivity contribution in [2.75, 3.05) is 6.54 Å². The lowest BCUT2D eigenvalue weighted by Gasteiger charge is -2.10. The first kappa shape index (κ1) is 16.3. The molecule has 1 atom stereocenters. The predicted octanol–water partition coefficient (Wildman–Crippen LogP) is 2.91. The van der Waals surface area contributed by atoms with Crippen molar-refractivity contribution in [2.45, 2.75) is 38.3 Å². The van der Waals surface area contributed by atoms with E-state index in [4.69, 9.17) is 11.6 Å². The van der Waals surface area contributed by atoms with E-state index in [1.54, 1.807) is 0 Å². The summed E-state index contributed by atoms with van der Waals surface area (Å²) in [4.78, 5) is 11.7. The summed E-state index contributed by atoms with van der Waals surface area (Å²) >= 11 is 6.03. The second-order valence-electron chi connectivity index (χ2n) is 4.70. The fourth-order valence-corrected chi connectivity index (χ4v) is 2.43. The Morgan fingerprint density at radius 1 is 1.42 bits per heavy atom. The van der Waals surface area contributed by atoms with Gasteiger partial charge in [0, 0.05) is 24.0 Å². The van der Waals surface area contributed by atoms with Gasteiger partial charge in [0.1, 0.15) is 0 Å². The fraction of sp³-hybridized carbons (Fsp3) is 0.500. The Bertz CT molecular complexity index is 406. The Labute approximate surface area is 125 Å². The number of nitrogens with one attached hydrogen (secondary N) is 2. The lowest BCUT2D eigenvalue weighted by atomic mass is 10.1. The van der Waals surface area contributed by atoms with E-state index in [0.717, 1.165) is 18.5 Å².